The topological polar surface area (TPSA) is 66.4 Å². The van der Waals surface area contributed by atoms with E-state index in [1.54, 1.807) is 0 Å². The molecule has 0 aromatic heterocycles. The van der Waals surface area contributed by atoms with Gasteiger partial charge in [-0.1, -0.05) is 31.2 Å². The first-order valence-electron chi connectivity index (χ1n) is 6.54. The van der Waals surface area contributed by atoms with Crippen molar-refractivity contribution in [3.8, 4) is 0 Å². The third kappa shape index (κ3) is 5.55. The molecule has 1 aromatic rings. The molecule has 0 aliphatic heterocycles. The van der Waals surface area contributed by atoms with Crippen molar-refractivity contribution in [2.24, 2.45) is 0 Å². The fourth-order valence-electron chi connectivity index (χ4n) is 2.07. The number of carboxylic acid groups (broad SMARTS) is 1. The van der Waals surface area contributed by atoms with Crippen LogP contribution in [0.25, 0.3) is 0 Å². The van der Waals surface area contributed by atoms with Crippen LogP contribution in [-0.4, -0.2) is 23.5 Å². The monoisotopic (exact) mass is 263 g/mol. The second kappa shape index (κ2) is 7.56. The van der Waals surface area contributed by atoms with E-state index < -0.39 is 5.97 Å². The van der Waals surface area contributed by atoms with Gasteiger partial charge in [0.25, 0.3) is 0 Å². The molecule has 0 spiro atoms. The molecular weight excluding hydrogens is 242 g/mol. The molecule has 0 fully saturated rings. The number of aryl methyl sites for hydroxylation is 1. The highest BCUT2D eigenvalue weighted by Gasteiger charge is 2.12. The summed E-state index contributed by atoms with van der Waals surface area (Å²) in [5.41, 5.74) is 2.37. The molecule has 0 aliphatic carbocycles. The number of amides is 1. The van der Waals surface area contributed by atoms with Gasteiger partial charge in [0.05, 0.1) is 0 Å². The van der Waals surface area contributed by atoms with Gasteiger partial charge in [-0.2, -0.15) is 0 Å². The summed E-state index contributed by atoms with van der Waals surface area (Å²) < 4.78 is 0. The van der Waals surface area contributed by atoms with E-state index in [-0.39, 0.29) is 18.2 Å². The fraction of sp³-hybridized carbons (Fsp3) is 0.467. The normalized spacial score (nSPS) is 11.9. The van der Waals surface area contributed by atoms with Gasteiger partial charge in [0.1, 0.15) is 0 Å². The molecule has 0 saturated carbocycles. The van der Waals surface area contributed by atoms with Gasteiger partial charge in [-0.3, -0.25) is 9.59 Å². The van der Waals surface area contributed by atoms with Crippen molar-refractivity contribution < 1.29 is 14.7 Å². The number of aliphatic carboxylic acids is 1. The predicted octanol–water partition coefficient (Wildman–Crippen LogP) is 2.47. The van der Waals surface area contributed by atoms with Crippen LogP contribution in [0.4, 0.5) is 0 Å². The maximum Gasteiger partial charge on any atom is 0.303 e. The van der Waals surface area contributed by atoms with Crippen LogP contribution in [-0.2, 0) is 9.59 Å². The highest BCUT2D eigenvalue weighted by Crippen LogP contribution is 2.21. The number of carbonyl (C=O) groups is 2. The standard InChI is InChI=1S/C15H21NO3/c1-11-6-3-4-7-13(11)12(2)10-14(17)16-9-5-8-15(18)19/h3-4,6-7,12H,5,8-10H2,1-2H3,(H,16,17)(H,18,19)/t12-/m1/s1. The zero-order valence-corrected chi connectivity index (χ0v) is 11.5. The van der Waals surface area contributed by atoms with Crippen molar-refractivity contribution >= 4 is 11.9 Å². The maximum absolute atomic E-state index is 11.7. The number of carboxylic acids is 1. The molecule has 2 N–H and O–H groups in total. The van der Waals surface area contributed by atoms with Crippen LogP contribution in [0.3, 0.4) is 0 Å². The van der Waals surface area contributed by atoms with Crippen molar-refractivity contribution in [3.05, 3.63) is 35.4 Å². The van der Waals surface area contributed by atoms with Gasteiger partial charge >= 0.3 is 5.97 Å². The zero-order chi connectivity index (χ0) is 14.3. The Morgan fingerprint density at radius 2 is 2.00 bits per heavy atom. The first kappa shape index (κ1) is 15.2. The van der Waals surface area contributed by atoms with Gasteiger partial charge in [-0.05, 0) is 30.4 Å². The van der Waals surface area contributed by atoms with Crippen LogP contribution in [0.15, 0.2) is 24.3 Å². The van der Waals surface area contributed by atoms with Gasteiger partial charge < -0.3 is 10.4 Å². The van der Waals surface area contributed by atoms with E-state index in [1.165, 1.54) is 11.1 Å². The summed E-state index contributed by atoms with van der Waals surface area (Å²) in [5, 5.41) is 11.2. The molecule has 4 heteroatoms. The molecule has 1 atom stereocenters. The van der Waals surface area contributed by atoms with E-state index in [0.29, 0.717) is 19.4 Å². The van der Waals surface area contributed by atoms with Gasteiger partial charge in [-0.25, -0.2) is 0 Å². The second-order valence-corrected chi connectivity index (χ2v) is 4.81. The van der Waals surface area contributed by atoms with Gasteiger partial charge in [0, 0.05) is 19.4 Å². The number of hydrogen-bond donors (Lipinski definition) is 2. The predicted molar refractivity (Wildman–Crippen MR) is 74.1 cm³/mol. The van der Waals surface area contributed by atoms with Gasteiger partial charge in [0.2, 0.25) is 5.91 Å². The third-order valence-electron chi connectivity index (χ3n) is 3.10. The average Bonchev–Trinajstić information content (AvgIpc) is 2.35. The summed E-state index contributed by atoms with van der Waals surface area (Å²) in [4.78, 5) is 22.1. The Morgan fingerprint density at radius 1 is 1.32 bits per heavy atom. The lowest BCUT2D eigenvalue weighted by molar-refractivity contribution is -0.137. The van der Waals surface area contributed by atoms with E-state index in [4.69, 9.17) is 5.11 Å². The smallest absolute Gasteiger partial charge is 0.303 e. The molecule has 0 heterocycles. The molecule has 19 heavy (non-hydrogen) atoms. The number of carbonyl (C=O) groups excluding carboxylic acids is 1. The number of benzene rings is 1. The number of hydrogen-bond acceptors (Lipinski definition) is 2. The Hall–Kier alpha value is -1.84. The largest absolute Gasteiger partial charge is 0.481 e. The lowest BCUT2D eigenvalue weighted by Gasteiger charge is -2.14. The Balaban J connectivity index is 2.36. The molecular formula is C15H21NO3. The van der Waals surface area contributed by atoms with Crippen molar-refractivity contribution in [1.29, 1.82) is 0 Å². The summed E-state index contributed by atoms with van der Waals surface area (Å²) in [6, 6.07) is 8.04. The lowest BCUT2D eigenvalue weighted by atomic mass is 9.93. The zero-order valence-electron chi connectivity index (χ0n) is 11.5. The minimum atomic E-state index is -0.831. The SMILES string of the molecule is Cc1ccccc1[C@H](C)CC(=O)NCCCC(=O)O. The third-order valence-corrected chi connectivity index (χ3v) is 3.10. The Labute approximate surface area is 113 Å². The minimum absolute atomic E-state index is 0.0267. The molecule has 1 rings (SSSR count). The quantitative estimate of drug-likeness (QED) is 0.743. The van der Waals surface area contributed by atoms with Crippen molar-refractivity contribution in [1.82, 2.24) is 5.32 Å². The molecule has 0 aliphatic rings. The Kier molecular flexibility index (Phi) is 6.06. The first-order chi connectivity index (χ1) is 9.00. The Bertz CT molecular complexity index is 443. The molecule has 1 amide bonds. The fourth-order valence-corrected chi connectivity index (χ4v) is 2.07. The summed E-state index contributed by atoms with van der Waals surface area (Å²) in [6.45, 7) is 4.49. The van der Waals surface area contributed by atoms with Gasteiger partial charge in [-0.15, -0.1) is 0 Å². The Morgan fingerprint density at radius 3 is 2.63 bits per heavy atom. The van der Waals surface area contributed by atoms with Crippen molar-refractivity contribution in [2.75, 3.05) is 6.54 Å². The van der Waals surface area contributed by atoms with Crippen LogP contribution in [0.2, 0.25) is 0 Å². The maximum atomic E-state index is 11.7. The average molecular weight is 263 g/mol. The summed E-state index contributed by atoms with van der Waals surface area (Å²) in [6.07, 6.45) is 0.991. The van der Waals surface area contributed by atoms with Crippen molar-refractivity contribution in [3.63, 3.8) is 0 Å². The van der Waals surface area contributed by atoms with E-state index in [2.05, 4.69) is 5.32 Å². The van der Waals surface area contributed by atoms with E-state index in [9.17, 15) is 9.59 Å². The molecule has 0 bridgehead atoms. The van der Waals surface area contributed by atoms with Crippen molar-refractivity contribution in [2.45, 2.75) is 39.0 Å². The highest BCUT2D eigenvalue weighted by atomic mass is 16.4. The minimum Gasteiger partial charge on any atom is -0.481 e. The molecule has 1 aromatic carbocycles. The van der Waals surface area contributed by atoms with E-state index in [1.807, 2.05) is 38.1 Å². The highest BCUT2D eigenvalue weighted by molar-refractivity contribution is 5.77. The van der Waals surface area contributed by atoms with E-state index in [0.717, 1.165) is 0 Å². The summed E-state index contributed by atoms with van der Waals surface area (Å²) in [7, 11) is 0. The number of nitrogens with one attached hydrogen (secondary N) is 1. The molecule has 0 unspecified atom stereocenters. The summed E-state index contributed by atoms with van der Waals surface area (Å²) in [5.74, 6) is -0.690. The first-order valence-corrected chi connectivity index (χ1v) is 6.54. The van der Waals surface area contributed by atoms with Crippen LogP contribution < -0.4 is 5.32 Å². The van der Waals surface area contributed by atoms with E-state index >= 15 is 0 Å². The van der Waals surface area contributed by atoms with Crippen LogP contribution in [0, 0.1) is 6.92 Å². The molecule has 0 radical (unpaired) electrons. The molecule has 0 saturated heterocycles. The van der Waals surface area contributed by atoms with Gasteiger partial charge in [0.15, 0.2) is 0 Å². The summed E-state index contributed by atoms with van der Waals surface area (Å²) >= 11 is 0. The second-order valence-electron chi connectivity index (χ2n) is 4.81. The number of rotatable bonds is 7. The lowest BCUT2D eigenvalue weighted by Crippen LogP contribution is -2.26. The van der Waals surface area contributed by atoms with Crippen LogP contribution in [0.1, 0.15) is 43.2 Å². The van der Waals surface area contributed by atoms with Crippen LogP contribution >= 0.6 is 0 Å². The molecule has 4 nitrogen and oxygen atoms in total. The molecule has 104 valence electrons. The van der Waals surface area contributed by atoms with Crippen LogP contribution in [0.5, 0.6) is 0 Å².